The van der Waals surface area contributed by atoms with E-state index in [0.29, 0.717) is 18.4 Å². The van der Waals surface area contributed by atoms with Crippen molar-refractivity contribution in [3.05, 3.63) is 54.9 Å². The number of benzene rings is 1. The van der Waals surface area contributed by atoms with Crippen LogP contribution in [0.3, 0.4) is 0 Å². The third kappa shape index (κ3) is 2.10. The van der Waals surface area contributed by atoms with Gasteiger partial charge in [0.25, 0.3) is 0 Å². The van der Waals surface area contributed by atoms with E-state index in [9.17, 15) is 0 Å². The second-order valence-corrected chi connectivity index (χ2v) is 3.58. The molecule has 4 heteroatoms. The van der Waals surface area contributed by atoms with E-state index in [2.05, 4.69) is 9.97 Å². The minimum atomic E-state index is 0.290. The Morgan fingerprint density at radius 3 is 2.82 bits per heavy atom. The number of hydrogen-bond acceptors (Lipinski definition) is 4. The quantitative estimate of drug-likeness (QED) is 0.689. The van der Waals surface area contributed by atoms with Crippen molar-refractivity contribution < 1.29 is 9.15 Å². The zero-order valence-corrected chi connectivity index (χ0v) is 9.04. The molecule has 0 saturated heterocycles. The van der Waals surface area contributed by atoms with Crippen molar-refractivity contribution in [3.8, 4) is 5.88 Å². The first-order valence-electron chi connectivity index (χ1n) is 5.28. The van der Waals surface area contributed by atoms with E-state index in [1.807, 2.05) is 30.3 Å². The highest BCUT2D eigenvalue weighted by atomic mass is 16.5. The molecule has 4 nitrogen and oxygen atoms in total. The molecule has 0 amide bonds. The lowest BCUT2D eigenvalue weighted by molar-refractivity contribution is 0.254. The van der Waals surface area contributed by atoms with Crippen LogP contribution < -0.4 is 4.74 Å². The Balaban J connectivity index is 1.81. The number of ether oxygens (including phenoxy) is 1. The highest BCUT2D eigenvalue weighted by Crippen LogP contribution is 2.18. The minimum Gasteiger partial charge on any atom is -0.468 e. The molecule has 0 N–H and O–H groups in total. The molecule has 84 valence electrons. The van der Waals surface area contributed by atoms with E-state index in [1.54, 1.807) is 12.4 Å². The maximum atomic E-state index is 5.49. The predicted octanol–water partition coefficient (Wildman–Crippen LogP) is 2.80. The summed E-state index contributed by atoms with van der Waals surface area (Å²) in [5.41, 5.74) is 0. The van der Waals surface area contributed by atoms with Gasteiger partial charge < -0.3 is 9.15 Å². The largest absolute Gasteiger partial charge is 0.468 e. The molecule has 0 bridgehead atoms. The third-order valence-electron chi connectivity index (χ3n) is 2.43. The Morgan fingerprint density at radius 2 is 2.00 bits per heavy atom. The molecule has 1 aromatic carbocycles. The summed E-state index contributed by atoms with van der Waals surface area (Å²) in [5.74, 6) is 1.11. The Hall–Kier alpha value is -2.36. The van der Waals surface area contributed by atoms with Crippen LogP contribution in [0.4, 0.5) is 0 Å². The van der Waals surface area contributed by atoms with Gasteiger partial charge in [-0.3, -0.25) is 0 Å². The average molecular weight is 226 g/mol. The molecule has 0 radical (unpaired) electrons. The van der Waals surface area contributed by atoms with Crippen molar-refractivity contribution in [1.82, 2.24) is 9.97 Å². The standard InChI is InChI=1S/C13H10N2O2/c1-2-4-11-8-15-12(7-10(11)3-1)17-9-13-14-5-6-16-13/h1-8H,9H2. The van der Waals surface area contributed by atoms with Gasteiger partial charge in [-0.25, -0.2) is 9.97 Å². The topological polar surface area (TPSA) is 48.2 Å². The summed E-state index contributed by atoms with van der Waals surface area (Å²) < 4.78 is 10.6. The van der Waals surface area contributed by atoms with Crippen LogP contribution in [0.2, 0.25) is 0 Å². The Kier molecular flexibility index (Phi) is 2.46. The summed E-state index contributed by atoms with van der Waals surface area (Å²) in [7, 11) is 0. The highest BCUT2D eigenvalue weighted by molar-refractivity contribution is 5.82. The van der Waals surface area contributed by atoms with Crippen LogP contribution in [0.1, 0.15) is 5.89 Å². The third-order valence-corrected chi connectivity index (χ3v) is 2.43. The summed E-state index contributed by atoms with van der Waals surface area (Å²) in [6.07, 6.45) is 4.90. The first-order chi connectivity index (χ1) is 8.42. The van der Waals surface area contributed by atoms with E-state index in [0.717, 1.165) is 10.8 Å². The van der Waals surface area contributed by atoms with Crippen molar-refractivity contribution in [2.75, 3.05) is 0 Å². The zero-order valence-electron chi connectivity index (χ0n) is 9.04. The number of pyridine rings is 1. The molecule has 0 aliphatic carbocycles. The van der Waals surface area contributed by atoms with Crippen LogP contribution in [0, 0.1) is 0 Å². The fraction of sp³-hybridized carbons (Fsp3) is 0.0769. The van der Waals surface area contributed by atoms with Crippen LogP contribution in [0.15, 0.2) is 53.4 Å². The molecule has 17 heavy (non-hydrogen) atoms. The number of nitrogens with zero attached hydrogens (tertiary/aromatic N) is 2. The number of fused-ring (bicyclic) bond motifs is 1. The minimum absolute atomic E-state index is 0.290. The average Bonchev–Trinajstić information content (AvgIpc) is 2.89. The lowest BCUT2D eigenvalue weighted by Crippen LogP contribution is -1.97. The van der Waals surface area contributed by atoms with Gasteiger partial charge in [-0.1, -0.05) is 24.3 Å². The fourth-order valence-corrected chi connectivity index (χ4v) is 1.60. The number of aromatic nitrogens is 2. The Labute approximate surface area is 97.9 Å². The molecule has 0 aliphatic heterocycles. The van der Waals surface area contributed by atoms with Crippen molar-refractivity contribution in [3.63, 3.8) is 0 Å². The Morgan fingerprint density at radius 1 is 1.12 bits per heavy atom. The van der Waals surface area contributed by atoms with Crippen LogP contribution in [-0.2, 0) is 6.61 Å². The van der Waals surface area contributed by atoms with Crippen molar-refractivity contribution in [1.29, 1.82) is 0 Å². The fourth-order valence-electron chi connectivity index (χ4n) is 1.60. The van der Waals surface area contributed by atoms with E-state index in [-0.39, 0.29) is 0 Å². The van der Waals surface area contributed by atoms with Crippen molar-refractivity contribution in [2.45, 2.75) is 6.61 Å². The lowest BCUT2D eigenvalue weighted by Gasteiger charge is -2.03. The van der Waals surface area contributed by atoms with Crippen LogP contribution in [-0.4, -0.2) is 9.97 Å². The summed E-state index contributed by atoms with van der Waals surface area (Å²) in [6, 6.07) is 9.91. The van der Waals surface area contributed by atoms with Gasteiger partial charge in [0.15, 0.2) is 6.61 Å². The van der Waals surface area contributed by atoms with Gasteiger partial charge in [0.05, 0.1) is 6.20 Å². The van der Waals surface area contributed by atoms with Crippen LogP contribution in [0.5, 0.6) is 5.88 Å². The number of hydrogen-bond donors (Lipinski definition) is 0. The van der Waals surface area contributed by atoms with Crippen LogP contribution in [0.25, 0.3) is 10.8 Å². The molecular formula is C13H10N2O2. The molecule has 0 unspecified atom stereocenters. The maximum Gasteiger partial charge on any atom is 0.232 e. The number of oxazole rings is 1. The van der Waals surface area contributed by atoms with Crippen LogP contribution >= 0.6 is 0 Å². The van der Waals surface area contributed by atoms with E-state index in [1.165, 1.54) is 6.26 Å². The first-order valence-corrected chi connectivity index (χ1v) is 5.28. The summed E-state index contributed by atoms with van der Waals surface area (Å²) in [4.78, 5) is 8.19. The van der Waals surface area contributed by atoms with Crippen molar-refractivity contribution in [2.24, 2.45) is 0 Å². The summed E-state index contributed by atoms with van der Waals surface area (Å²) in [6.45, 7) is 0.290. The van der Waals surface area contributed by atoms with Gasteiger partial charge in [0.1, 0.15) is 6.26 Å². The van der Waals surface area contributed by atoms with Crippen molar-refractivity contribution >= 4 is 10.8 Å². The molecule has 0 fully saturated rings. The van der Waals surface area contributed by atoms with Gasteiger partial charge in [0, 0.05) is 17.6 Å². The van der Waals surface area contributed by atoms with Gasteiger partial charge in [-0.2, -0.15) is 0 Å². The smallest absolute Gasteiger partial charge is 0.232 e. The van der Waals surface area contributed by atoms with Gasteiger partial charge in [-0.15, -0.1) is 0 Å². The normalized spacial score (nSPS) is 10.6. The molecule has 3 rings (SSSR count). The lowest BCUT2D eigenvalue weighted by atomic mass is 10.2. The Bertz CT molecular complexity index is 620. The molecule has 3 aromatic rings. The first kappa shape index (κ1) is 9.84. The molecule has 0 saturated carbocycles. The highest BCUT2D eigenvalue weighted by Gasteiger charge is 2.01. The van der Waals surface area contributed by atoms with E-state index >= 15 is 0 Å². The zero-order chi connectivity index (χ0) is 11.5. The molecule has 0 spiro atoms. The van der Waals surface area contributed by atoms with E-state index in [4.69, 9.17) is 9.15 Å². The second kappa shape index (κ2) is 4.25. The molecule has 0 aliphatic rings. The van der Waals surface area contributed by atoms with Gasteiger partial charge in [-0.05, 0) is 5.39 Å². The predicted molar refractivity (Wildman–Crippen MR) is 62.6 cm³/mol. The summed E-state index contributed by atoms with van der Waals surface area (Å²) >= 11 is 0. The molecular weight excluding hydrogens is 216 g/mol. The molecule has 0 atom stereocenters. The van der Waals surface area contributed by atoms with E-state index < -0.39 is 0 Å². The molecule has 2 aromatic heterocycles. The second-order valence-electron chi connectivity index (χ2n) is 3.58. The SMILES string of the molecule is c1ccc2cc(OCc3ncco3)ncc2c1. The van der Waals surface area contributed by atoms with Gasteiger partial charge >= 0.3 is 0 Å². The van der Waals surface area contributed by atoms with Gasteiger partial charge in [0.2, 0.25) is 11.8 Å². The maximum absolute atomic E-state index is 5.49. The number of rotatable bonds is 3. The molecule has 2 heterocycles. The monoisotopic (exact) mass is 226 g/mol. The summed E-state index contributed by atoms with van der Waals surface area (Å²) in [5, 5.41) is 2.20.